The van der Waals surface area contributed by atoms with Gasteiger partial charge in [0.2, 0.25) is 5.91 Å². The molecule has 0 unspecified atom stereocenters. The minimum atomic E-state index is -3.77. The van der Waals surface area contributed by atoms with Crippen molar-refractivity contribution in [2.24, 2.45) is 0 Å². The zero-order valence-corrected chi connectivity index (χ0v) is 17.1. The summed E-state index contributed by atoms with van der Waals surface area (Å²) < 4.78 is 32.9. The maximum absolute atomic E-state index is 13.2. The van der Waals surface area contributed by atoms with Gasteiger partial charge in [0.15, 0.2) is 0 Å². The monoisotopic (exact) mass is 406 g/mol. The Hall–Kier alpha value is -2.19. The lowest BCUT2D eigenvalue weighted by Gasteiger charge is -2.23. The van der Waals surface area contributed by atoms with Gasteiger partial charge in [-0.15, -0.1) is 11.8 Å². The fourth-order valence-electron chi connectivity index (χ4n) is 2.96. The van der Waals surface area contributed by atoms with Crippen LogP contribution in [0.15, 0.2) is 52.3 Å². The molecule has 1 aliphatic rings. The Morgan fingerprint density at radius 1 is 1.22 bits per heavy atom. The summed E-state index contributed by atoms with van der Waals surface area (Å²) in [5.74, 6) is 0.553. The number of hydrogen-bond donors (Lipinski definition) is 1. The summed E-state index contributed by atoms with van der Waals surface area (Å²) in [5, 5.41) is 2.96. The number of carbonyl (C=O) groups is 1. The summed E-state index contributed by atoms with van der Waals surface area (Å²) in [7, 11) is -2.21. The molecular weight excluding hydrogens is 384 g/mol. The highest BCUT2D eigenvalue weighted by molar-refractivity contribution is 8.00. The van der Waals surface area contributed by atoms with Crippen LogP contribution in [0.1, 0.15) is 20.3 Å². The first-order valence-corrected chi connectivity index (χ1v) is 10.9. The van der Waals surface area contributed by atoms with Crippen LogP contribution in [0.2, 0.25) is 0 Å². The van der Waals surface area contributed by atoms with Crippen LogP contribution < -0.4 is 14.4 Å². The molecule has 6 nitrogen and oxygen atoms in total. The van der Waals surface area contributed by atoms with Gasteiger partial charge < -0.3 is 10.1 Å². The van der Waals surface area contributed by atoms with E-state index in [0.717, 1.165) is 4.90 Å². The van der Waals surface area contributed by atoms with E-state index in [0.29, 0.717) is 23.5 Å². The number of benzene rings is 2. The van der Waals surface area contributed by atoms with E-state index in [2.05, 4.69) is 5.32 Å². The second kappa shape index (κ2) is 7.82. The van der Waals surface area contributed by atoms with E-state index in [1.54, 1.807) is 68.3 Å². The molecule has 1 N–H and O–H groups in total. The highest BCUT2D eigenvalue weighted by Crippen LogP contribution is 2.37. The number of ether oxygens (including phenoxy) is 1. The Balaban J connectivity index is 1.99. The van der Waals surface area contributed by atoms with E-state index < -0.39 is 10.0 Å². The zero-order valence-electron chi connectivity index (χ0n) is 15.4. The summed E-state index contributed by atoms with van der Waals surface area (Å²) in [6.07, 6.45) is 0.397. The lowest BCUT2D eigenvalue weighted by Crippen LogP contribution is -2.30. The van der Waals surface area contributed by atoms with Crippen LogP contribution >= 0.6 is 11.8 Å². The molecule has 0 fully saturated rings. The van der Waals surface area contributed by atoms with Gasteiger partial charge in [-0.2, -0.15) is 0 Å². The van der Waals surface area contributed by atoms with Gasteiger partial charge in [-0.3, -0.25) is 9.10 Å². The van der Waals surface area contributed by atoms with Crippen molar-refractivity contribution in [1.82, 2.24) is 0 Å². The first kappa shape index (κ1) is 19.6. The van der Waals surface area contributed by atoms with Gasteiger partial charge in [-0.05, 0) is 49.4 Å². The number of hydrogen-bond acceptors (Lipinski definition) is 5. The number of sulfonamides is 1. The Labute approximate surface area is 164 Å². The number of nitrogens with zero attached hydrogens (tertiary/aromatic N) is 1. The van der Waals surface area contributed by atoms with Crippen LogP contribution in [-0.4, -0.2) is 33.2 Å². The minimum Gasteiger partial charge on any atom is -0.497 e. The molecule has 0 radical (unpaired) electrons. The number of anilines is 2. The van der Waals surface area contributed by atoms with Crippen molar-refractivity contribution in [2.75, 3.05) is 23.3 Å². The molecule has 0 saturated carbocycles. The lowest BCUT2D eigenvalue weighted by atomic mass is 10.3. The van der Waals surface area contributed by atoms with Crippen molar-refractivity contribution < 1.29 is 17.9 Å². The van der Waals surface area contributed by atoms with Crippen LogP contribution in [0, 0.1) is 0 Å². The molecule has 144 valence electrons. The fourth-order valence-corrected chi connectivity index (χ4v) is 5.51. The highest BCUT2D eigenvalue weighted by atomic mass is 32.2. The van der Waals surface area contributed by atoms with Crippen molar-refractivity contribution in [3.63, 3.8) is 0 Å². The number of thioether (sulfide) groups is 1. The van der Waals surface area contributed by atoms with Crippen molar-refractivity contribution >= 4 is 39.1 Å². The van der Waals surface area contributed by atoms with Crippen LogP contribution in [0.5, 0.6) is 5.75 Å². The molecule has 0 saturated heterocycles. The molecule has 8 heteroatoms. The molecule has 27 heavy (non-hydrogen) atoms. The Bertz CT molecular complexity index is 943. The van der Waals surface area contributed by atoms with Crippen molar-refractivity contribution in [1.29, 1.82) is 0 Å². The third kappa shape index (κ3) is 4.06. The Morgan fingerprint density at radius 2 is 1.93 bits per heavy atom. The second-order valence-corrected chi connectivity index (χ2v) is 9.55. The molecule has 2 aromatic rings. The van der Waals surface area contributed by atoms with Gasteiger partial charge >= 0.3 is 0 Å². The largest absolute Gasteiger partial charge is 0.497 e. The highest BCUT2D eigenvalue weighted by Gasteiger charge is 2.26. The van der Waals surface area contributed by atoms with Crippen LogP contribution in [0.25, 0.3) is 0 Å². The van der Waals surface area contributed by atoms with E-state index >= 15 is 0 Å². The molecule has 3 rings (SSSR count). The molecule has 0 aromatic heterocycles. The fraction of sp³-hybridized carbons (Fsp3) is 0.316. The zero-order chi connectivity index (χ0) is 19.6. The minimum absolute atomic E-state index is 0.106. The smallest absolute Gasteiger partial charge is 0.264 e. The van der Waals surface area contributed by atoms with Crippen LogP contribution in [0.4, 0.5) is 11.4 Å². The average Bonchev–Trinajstić information content (AvgIpc) is 2.78. The quantitative estimate of drug-likeness (QED) is 0.819. The first-order chi connectivity index (χ1) is 12.8. The summed E-state index contributed by atoms with van der Waals surface area (Å²) in [5.41, 5.74) is 1.10. The standard InChI is InChI=1S/C19H22N2O4S2/c1-4-21(14-5-7-15(25-3)8-6-14)27(23,24)16-9-10-18-17(12-16)20-19(22)11-13(2)26-18/h5-10,12-13H,4,11H2,1-3H3,(H,20,22)/t13-/m0/s1. The second-order valence-electron chi connectivity index (χ2n) is 6.21. The topological polar surface area (TPSA) is 75.7 Å². The summed E-state index contributed by atoms with van der Waals surface area (Å²) in [4.78, 5) is 13.0. The van der Waals surface area contributed by atoms with Gasteiger partial charge in [0.05, 0.1) is 23.4 Å². The number of fused-ring (bicyclic) bond motifs is 1. The maximum Gasteiger partial charge on any atom is 0.264 e. The van der Waals surface area contributed by atoms with E-state index in [-0.39, 0.29) is 22.6 Å². The van der Waals surface area contributed by atoms with E-state index in [1.165, 1.54) is 4.31 Å². The summed E-state index contributed by atoms with van der Waals surface area (Å²) in [6.45, 7) is 4.04. The normalized spacial score (nSPS) is 16.9. The van der Waals surface area contributed by atoms with Gasteiger partial charge in [0.25, 0.3) is 10.0 Å². The van der Waals surface area contributed by atoms with Gasteiger partial charge in [0.1, 0.15) is 5.75 Å². The third-order valence-electron chi connectivity index (χ3n) is 4.26. The number of methoxy groups -OCH3 is 1. The Kier molecular flexibility index (Phi) is 5.67. The molecule has 0 spiro atoms. The average molecular weight is 407 g/mol. The number of carbonyl (C=O) groups excluding carboxylic acids is 1. The van der Waals surface area contributed by atoms with Crippen LogP contribution in [-0.2, 0) is 14.8 Å². The molecule has 0 aliphatic carbocycles. The van der Waals surface area contributed by atoms with Gasteiger partial charge in [-0.1, -0.05) is 6.92 Å². The van der Waals surface area contributed by atoms with Crippen molar-refractivity contribution in [2.45, 2.75) is 35.3 Å². The van der Waals surface area contributed by atoms with Gasteiger partial charge in [0, 0.05) is 23.1 Å². The number of rotatable bonds is 5. The summed E-state index contributed by atoms with van der Waals surface area (Å²) in [6, 6.07) is 11.8. The maximum atomic E-state index is 13.2. The third-order valence-corrected chi connectivity index (χ3v) is 7.34. The van der Waals surface area contributed by atoms with Crippen molar-refractivity contribution in [3.05, 3.63) is 42.5 Å². The molecule has 2 aromatic carbocycles. The molecule has 1 atom stereocenters. The summed E-state index contributed by atoms with van der Waals surface area (Å²) >= 11 is 1.56. The van der Waals surface area contributed by atoms with E-state index in [9.17, 15) is 13.2 Å². The number of nitrogens with one attached hydrogen (secondary N) is 1. The SMILES string of the molecule is CCN(c1ccc(OC)cc1)S(=O)(=O)c1ccc2c(c1)NC(=O)C[C@H](C)S2. The molecule has 1 amide bonds. The van der Waals surface area contributed by atoms with Crippen molar-refractivity contribution in [3.8, 4) is 5.75 Å². The molecule has 1 heterocycles. The molecule has 0 bridgehead atoms. The lowest BCUT2D eigenvalue weighted by molar-refractivity contribution is -0.116. The Morgan fingerprint density at radius 3 is 2.56 bits per heavy atom. The predicted octanol–water partition coefficient (Wildman–Crippen LogP) is 3.73. The molecule has 1 aliphatic heterocycles. The van der Waals surface area contributed by atoms with E-state index in [1.807, 2.05) is 6.92 Å². The van der Waals surface area contributed by atoms with Gasteiger partial charge in [-0.25, -0.2) is 8.42 Å². The number of amides is 1. The van der Waals surface area contributed by atoms with E-state index in [4.69, 9.17) is 4.74 Å². The molecular formula is C19H22N2O4S2. The van der Waals surface area contributed by atoms with Crippen LogP contribution in [0.3, 0.4) is 0 Å². The first-order valence-electron chi connectivity index (χ1n) is 8.62. The predicted molar refractivity (Wildman–Crippen MR) is 108 cm³/mol.